The highest BCUT2D eigenvalue weighted by Gasteiger charge is 2.32. The molecular formula is C21H18F3N5O6S. The van der Waals surface area contributed by atoms with Crippen LogP contribution in [0.3, 0.4) is 0 Å². The number of carbonyl (C=O) groups is 2. The molecule has 0 bridgehead atoms. The zero-order valence-electron chi connectivity index (χ0n) is 18.9. The van der Waals surface area contributed by atoms with E-state index in [-0.39, 0.29) is 17.1 Å². The van der Waals surface area contributed by atoms with Crippen LogP contribution in [0.2, 0.25) is 0 Å². The van der Waals surface area contributed by atoms with Crippen molar-refractivity contribution in [2.24, 2.45) is 5.41 Å². The topological polar surface area (TPSA) is 149 Å². The monoisotopic (exact) mass is 525 g/mol. The van der Waals surface area contributed by atoms with E-state index in [4.69, 9.17) is 14.6 Å². The Morgan fingerprint density at radius 1 is 1.28 bits per heavy atom. The molecule has 0 aliphatic heterocycles. The highest BCUT2D eigenvalue weighted by atomic mass is 32.1. The summed E-state index contributed by atoms with van der Waals surface area (Å²) in [4.78, 5) is 28.3. The van der Waals surface area contributed by atoms with Crippen molar-refractivity contribution in [1.82, 2.24) is 20.0 Å². The van der Waals surface area contributed by atoms with Gasteiger partial charge in [-0.05, 0) is 32.9 Å². The van der Waals surface area contributed by atoms with Gasteiger partial charge >= 0.3 is 18.5 Å². The van der Waals surface area contributed by atoms with Gasteiger partial charge in [-0.25, -0.2) is 9.78 Å². The molecule has 1 unspecified atom stereocenters. The van der Waals surface area contributed by atoms with Crippen molar-refractivity contribution in [3.8, 4) is 33.8 Å². The normalized spacial score (nSPS) is 12.5. The summed E-state index contributed by atoms with van der Waals surface area (Å²) < 4.78 is 51.3. The summed E-state index contributed by atoms with van der Waals surface area (Å²) >= 11 is 1.10. The van der Waals surface area contributed by atoms with Crippen molar-refractivity contribution in [2.45, 2.75) is 33.4 Å². The van der Waals surface area contributed by atoms with Crippen molar-refractivity contribution < 1.29 is 42.1 Å². The number of aliphatic carboxylic acids is 1. The summed E-state index contributed by atoms with van der Waals surface area (Å²) in [6.45, 7) is 3.70. The van der Waals surface area contributed by atoms with Gasteiger partial charge in [0.1, 0.15) is 29.1 Å². The Balaban J connectivity index is 1.76. The first-order valence-corrected chi connectivity index (χ1v) is 10.9. The van der Waals surface area contributed by atoms with Crippen LogP contribution in [0.1, 0.15) is 32.7 Å². The average Bonchev–Trinajstić information content (AvgIpc) is 3.44. The fourth-order valence-electron chi connectivity index (χ4n) is 2.60. The minimum absolute atomic E-state index is 0.0542. The Hall–Kier alpha value is -4.19. The Morgan fingerprint density at radius 2 is 2.00 bits per heavy atom. The molecule has 1 N–H and O–H groups in total. The fraction of sp³-hybridized carbons (Fsp3) is 0.333. The Labute approximate surface area is 205 Å². The number of carboxylic acid groups (broad SMARTS) is 1. The number of carboxylic acids is 1. The van der Waals surface area contributed by atoms with Crippen molar-refractivity contribution in [2.75, 3.05) is 6.61 Å². The number of benzene rings is 1. The molecule has 0 amide bonds. The summed E-state index contributed by atoms with van der Waals surface area (Å²) in [6.07, 6.45) is -7.13. The minimum atomic E-state index is -4.84. The second-order valence-electron chi connectivity index (χ2n) is 7.89. The van der Waals surface area contributed by atoms with Crippen LogP contribution in [0.15, 0.2) is 29.6 Å². The molecule has 2 heterocycles. The third kappa shape index (κ3) is 6.48. The number of nitriles is 1. The van der Waals surface area contributed by atoms with Gasteiger partial charge in [0.05, 0.1) is 5.41 Å². The minimum Gasteiger partial charge on any atom is -0.481 e. The van der Waals surface area contributed by atoms with E-state index in [9.17, 15) is 28.0 Å². The maximum atomic E-state index is 12.5. The van der Waals surface area contributed by atoms with E-state index >= 15 is 0 Å². The van der Waals surface area contributed by atoms with Crippen LogP contribution in [0.5, 0.6) is 5.75 Å². The highest BCUT2D eigenvalue weighted by molar-refractivity contribution is 7.13. The van der Waals surface area contributed by atoms with Gasteiger partial charge < -0.3 is 19.3 Å². The second kappa shape index (κ2) is 10.2. The molecule has 2 aromatic heterocycles. The maximum Gasteiger partial charge on any atom is 0.573 e. The van der Waals surface area contributed by atoms with Gasteiger partial charge in [0, 0.05) is 10.9 Å². The molecule has 1 aromatic carbocycles. The number of carbonyl (C=O) groups excluding carboxylic acids is 1. The SMILES string of the molecule is CC(OC(=O)OCC(C)(C)C(=O)O)n1nc(C#N)c(-c2csc(-c3cccc(OC(F)(F)F)c3)n2)n1. The van der Waals surface area contributed by atoms with Crippen LogP contribution in [-0.4, -0.2) is 50.2 Å². The molecule has 0 radical (unpaired) electrons. The molecule has 0 spiro atoms. The van der Waals surface area contributed by atoms with Crippen molar-refractivity contribution in [3.05, 3.63) is 35.3 Å². The van der Waals surface area contributed by atoms with Crippen LogP contribution in [0.25, 0.3) is 22.0 Å². The van der Waals surface area contributed by atoms with Gasteiger partial charge in [-0.2, -0.15) is 5.26 Å². The zero-order chi connectivity index (χ0) is 26.7. The quantitative estimate of drug-likeness (QED) is 0.413. The van der Waals surface area contributed by atoms with E-state index in [1.54, 1.807) is 6.07 Å². The Bertz CT molecular complexity index is 1310. The van der Waals surface area contributed by atoms with E-state index in [2.05, 4.69) is 19.9 Å². The van der Waals surface area contributed by atoms with Crippen LogP contribution in [0.4, 0.5) is 18.0 Å². The predicted molar refractivity (Wildman–Crippen MR) is 117 cm³/mol. The molecule has 15 heteroatoms. The van der Waals surface area contributed by atoms with Crippen LogP contribution in [0, 0.1) is 16.7 Å². The van der Waals surface area contributed by atoms with Crippen LogP contribution < -0.4 is 4.74 Å². The number of hydrogen-bond donors (Lipinski definition) is 1. The first-order valence-electron chi connectivity index (χ1n) is 10.0. The Kier molecular flexibility index (Phi) is 7.48. The van der Waals surface area contributed by atoms with E-state index in [0.717, 1.165) is 22.2 Å². The van der Waals surface area contributed by atoms with E-state index in [0.29, 0.717) is 10.6 Å². The van der Waals surface area contributed by atoms with Crippen molar-refractivity contribution in [1.29, 1.82) is 5.26 Å². The molecule has 0 aliphatic carbocycles. The summed E-state index contributed by atoms with van der Waals surface area (Å²) in [5, 5.41) is 28.5. The molecule has 36 heavy (non-hydrogen) atoms. The molecule has 11 nitrogen and oxygen atoms in total. The van der Waals surface area contributed by atoms with Gasteiger partial charge in [-0.15, -0.1) is 39.5 Å². The van der Waals surface area contributed by atoms with Crippen LogP contribution in [-0.2, 0) is 14.3 Å². The van der Waals surface area contributed by atoms with Gasteiger partial charge in [0.25, 0.3) is 0 Å². The molecule has 3 rings (SSSR count). The number of ether oxygens (including phenoxy) is 3. The zero-order valence-corrected chi connectivity index (χ0v) is 19.8. The van der Waals surface area contributed by atoms with E-state index in [1.165, 1.54) is 38.3 Å². The van der Waals surface area contributed by atoms with Gasteiger partial charge in [0.2, 0.25) is 6.23 Å². The molecule has 0 saturated heterocycles. The first kappa shape index (κ1) is 26.4. The number of hydrogen-bond acceptors (Lipinski definition) is 10. The second-order valence-corrected chi connectivity index (χ2v) is 8.75. The third-order valence-corrected chi connectivity index (χ3v) is 5.41. The largest absolute Gasteiger partial charge is 0.573 e. The fourth-order valence-corrected chi connectivity index (χ4v) is 3.40. The van der Waals surface area contributed by atoms with E-state index in [1.807, 2.05) is 6.07 Å². The van der Waals surface area contributed by atoms with Crippen molar-refractivity contribution >= 4 is 23.5 Å². The van der Waals surface area contributed by atoms with Crippen molar-refractivity contribution in [3.63, 3.8) is 0 Å². The third-order valence-electron chi connectivity index (χ3n) is 4.52. The first-order chi connectivity index (χ1) is 16.8. The molecule has 0 fully saturated rings. The molecule has 3 aromatic rings. The van der Waals surface area contributed by atoms with Gasteiger partial charge in [-0.1, -0.05) is 12.1 Å². The summed E-state index contributed by atoms with van der Waals surface area (Å²) in [7, 11) is 0. The van der Waals surface area contributed by atoms with Gasteiger partial charge in [-0.3, -0.25) is 4.79 Å². The number of thiazole rings is 1. The molecule has 0 saturated carbocycles. The molecule has 0 aliphatic rings. The van der Waals surface area contributed by atoms with E-state index < -0.39 is 42.5 Å². The van der Waals surface area contributed by atoms with Gasteiger partial charge in [0.15, 0.2) is 11.4 Å². The standard InChI is InChI=1S/C21H18F3N5O6S/c1-11(34-19(32)33-10-20(2,3)18(30)31)29-27-14(8-25)16(28-29)15-9-36-17(26-15)12-5-4-6-13(7-12)35-21(22,23)24/h4-7,9,11H,10H2,1-3H3,(H,30,31). The summed E-state index contributed by atoms with van der Waals surface area (Å²) in [5.74, 6) is -1.58. The number of halogens is 3. The van der Waals surface area contributed by atoms with Crippen LogP contribution >= 0.6 is 11.3 Å². The molecule has 190 valence electrons. The average molecular weight is 525 g/mol. The number of nitrogens with zero attached hydrogens (tertiary/aromatic N) is 5. The number of rotatable bonds is 8. The Morgan fingerprint density at radius 3 is 2.64 bits per heavy atom. The molecular weight excluding hydrogens is 507 g/mol. The predicted octanol–water partition coefficient (Wildman–Crippen LogP) is 4.62. The lowest BCUT2D eigenvalue weighted by Crippen LogP contribution is -2.31. The lowest BCUT2D eigenvalue weighted by atomic mass is 9.95. The lowest BCUT2D eigenvalue weighted by molar-refractivity contribution is -0.274. The summed E-state index contributed by atoms with van der Waals surface area (Å²) in [5.41, 5.74) is -0.843. The molecule has 1 atom stereocenters. The maximum absolute atomic E-state index is 12.5. The number of alkyl halides is 3. The summed E-state index contributed by atoms with van der Waals surface area (Å²) in [6, 6.07) is 7.10. The highest BCUT2D eigenvalue weighted by Crippen LogP contribution is 2.32. The number of aromatic nitrogens is 4. The smallest absolute Gasteiger partial charge is 0.481 e. The lowest BCUT2D eigenvalue weighted by Gasteiger charge is -2.19.